The maximum absolute atomic E-state index is 11.9. The van der Waals surface area contributed by atoms with Gasteiger partial charge in [0, 0.05) is 17.7 Å². The van der Waals surface area contributed by atoms with Gasteiger partial charge in [0.05, 0.1) is 13.2 Å². The molecule has 2 aromatic rings. The second-order valence-corrected chi connectivity index (χ2v) is 15.0. The molecule has 182 valence electrons. The molecule has 2 heterocycles. The highest BCUT2D eigenvalue weighted by Crippen LogP contribution is 2.45. The van der Waals surface area contributed by atoms with E-state index in [1.54, 1.807) is 6.08 Å². The lowest BCUT2D eigenvalue weighted by molar-refractivity contribution is -0.137. The number of carbonyl (C=O) groups is 1. The Labute approximate surface area is 206 Å². The first-order valence-corrected chi connectivity index (χ1v) is 14.6. The number of hydrogen-bond acceptors (Lipinski definition) is 4. The third kappa shape index (κ3) is 4.66. The molecule has 2 fully saturated rings. The van der Waals surface area contributed by atoms with Crippen molar-refractivity contribution in [3.05, 3.63) is 72.8 Å². The zero-order valence-corrected chi connectivity index (χ0v) is 22.1. The summed E-state index contributed by atoms with van der Waals surface area (Å²) < 4.78 is 12.5. The Bertz CT molecular complexity index is 946. The predicted molar refractivity (Wildman–Crippen MR) is 141 cm³/mol. The molecule has 4 rings (SSSR count). The predicted octanol–water partition coefficient (Wildman–Crippen LogP) is 4.68. The third-order valence-corrected chi connectivity index (χ3v) is 12.7. The van der Waals surface area contributed by atoms with Gasteiger partial charge in [0.1, 0.15) is 0 Å². The van der Waals surface area contributed by atoms with Crippen molar-refractivity contribution in [2.75, 3.05) is 19.8 Å². The van der Waals surface area contributed by atoms with Gasteiger partial charge in [0.25, 0.3) is 8.32 Å². The average molecular weight is 478 g/mol. The van der Waals surface area contributed by atoms with Crippen LogP contribution in [0.15, 0.2) is 72.8 Å². The number of esters is 1. The molecule has 2 atom stereocenters. The number of fused-ring (bicyclic) bond motifs is 1. The van der Waals surface area contributed by atoms with Crippen LogP contribution in [-0.2, 0) is 14.0 Å². The van der Waals surface area contributed by atoms with Crippen molar-refractivity contribution in [1.29, 1.82) is 0 Å². The monoisotopic (exact) mass is 477 g/mol. The van der Waals surface area contributed by atoms with Gasteiger partial charge in [-0.05, 0) is 54.6 Å². The van der Waals surface area contributed by atoms with Gasteiger partial charge in [0.2, 0.25) is 0 Å². The van der Waals surface area contributed by atoms with Gasteiger partial charge in [-0.25, -0.2) is 4.79 Å². The summed E-state index contributed by atoms with van der Waals surface area (Å²) in [5.74, 6) is -0.247. The SMILES string of the molecule is CCOC(=O)/C=C/[C@@H]1CC[C@@]2(CO[Si](c3ccccc3)(c3ccccc3)C(C)(C)C)CCCN12. The van der Waals surface area contributed by atoms with Crippen LogP contribution in [0.1, 0.15) is 53.4 Å². The van der Waals surface area contributed by atoms with Gasteiger partial charge in [-0.2, -0.15) is 0 Å². The Morgan fingerprint density at radius 2 is 1.68 bits per heavy atom. The first-order chi connectivity index (χ1) is 16.3. The van der Waals surface area contributed by atoms with E-state index in [9.17, 15) is 4.79 Å². The number of ether oxygens (including phenoxy) is 1. The van der Waals surface area contributed by atoms with Crippen molar-refractivity contribution in [3.8, 4) is 0 Å². The molecule has 0 radical (unpaired) electrons. The molecular weight excluding hydrogens is 438 g/mol. The van der Waals surface area contributed by atoms with Crippen LogP contribution < -0.4 is 10.4 Å². The molecule has 2 aliphatic heterocycles. The van der Waals surface area contributed by atoms with Crippen LogP contribution in [0.2, 0.25) is 5.04 Å². The van der Waals surface area contributed by atoms with Crippen molar-refractivity contribution in [1.82, 2.24) is 4.90 Å². The number of rotatable bonds is 8. The second-order valence-electron chi connectivity index (χ2n) is 10.7. The number of carbonyl (C=O) groups excluding carboxylic acids is 1. The van der Waals surface area contributed by atoms with E-state index in [0.29, 0.717) is 6.61 Å². The van der Waals surface area contributed by atoms with Gasteiger partial charge in [-0.1, -0.05) is 87.5 Å². The van der Waals surface area contributed by atoms with Crippen LogP contribution in [0.5, 0.6) is 0 Å². The van der Waals surface area contributed by atoms with Crippen LogP contribution >= 0.6 is 0 Å². The van der Waals surface area contributed by atoms with E-state index >= 15 is 0 Å². The maximum atomic E-state index is 11.9. The maximum Gasteiger partial charge on any atom is 0.330 e. The normalized spacial score (nSPS) is 23.4. The number of nitrogens with zero attached hydrogens (tertiary/aromatic N) is 1. The highest BCUT2D eigenvalue weighted by atomic mass is 28.4. The zero-order valence-electron chi connectivity index (χ0n) is 21.1. The summed E-state index contributed by atoms with van der Waals surface area (Å²) in [5, 5.41) is 2.62. The van der Waals surface area contributed by atoms with Gasteiger partial charge < -0.3 is 9.16 Å². The van der Waals surface area contributed by atoms with Gasteiger partial charge in [-0.15, -0.1) is 0 Å². The van der Waals surface area contributed by atoms with Gasteiger partial charge in [-0.3, -0.25) is 4.90 Å². The molecule has 0 aromatic heterocycles. The van der Waals surface area contributed by atoms with E-state index in [1.165, 1.54) is 16.8 Å². The molecule has 4 nitrogen and oxygen atoms in total. The van der Waals surface area contributed by atoms with Crippen LogP contribution in [0.4, 0.5) is 0 Å². The number of hydrogen-bond donors (Lipinski definition) is 0. The standard InChI is InChI=1S/C29H39NO3Si/c1-5-32-27(31)18-17-24-19-21-29(20-12-22-30(24)29)23-33-34(28(2,3)4,25-13-8-6-9-14-25)26-15-10-7-11-16-26/h6-11,13-18,24H,5,12,19-23H2,1-4H3/b18-17+/t24-,29-/m1/s1. The van der Waals surface area contributed by atoms with Crippen LogP contribution in [0, 0.1) is 0 Å². The summed E-state index contributed by atoms with van der Waals surface area (Å²) in [7, 11) is -2.57. The molecule has 0 N–H and O–H groups in total. The molecule has 2 aromatic carbocycles. The lowest BCUT2D eigenvalue weighted by atomic mass is 9.95. The van der Waals surface area contributed by atoms with E-state index in [0.717, 1.165) is 32.4 Å². The fraction of sp³-hybridized carbons (Fsp3) is 0.483. The number of benzene rings is 2. The molecule has 0 aliphatic carbocycles. The largest absolute Gasteiger partial charge is 0.463 e. The third-order valence-electron chi connectivity index (χ3n) is 7.67. The Hall–Kier alpha value is -2.21. The van der Waals surface area contributed by atoms with E-state index < -0.39 is 8.32 Å². The summed E-state index contributed by atoms with van der Waals surface area (Å²) in [6.07, 6.45) is 8.14. The second kappa shape index (κ2) is 10.2. The van der Waals surface area contributed by atoms with Crippen molar-refractivity contribution in [2.24, 2.45) is 0 Å². The molecule has 34 heavy (non-hydrogen) atoms. The average Bonchev–Trinajstić information content (AvgIpc) is 3.38. The fourth-order valence-corrected chi connectivity index (χ4v) is 10.8. The van der Waals surface area contributed by atoms with Gasteiger partial charge in [0.15, 0.2) is 0 Å². The van der Waals surface area contributed by atoms with E-state index in [-0.39, 0.29) is 22.6 Å². The Balaban J connectivity index is 1.65. The topological polar surface area (TPSA) is 38.8 Å². The minimum atomic E-state index is -2.57. The highest BCUT2D eigenvalue weighted by molar-refractivity contribution is 6.99. The highest BCUT2D eigenvalue weighted by Gasteiger charge is 2.54. The van der Waals surface area contributed by atoms with E-state index in [4.69, 9.17) is 9.16 Å². The molecule has 0 bridgehead atoms. The zero-order chi connectivity index (χ0) is 24.2. The summed E-state index contributed by atoms with van der Waals surface area (Å²) in [6, 6.07) is 22.0. The van der Waals surface area contributed by atoms with Crippen molar-refractivity contribution in [3.63, 3.8) is 0 Å². The molecule has 0 spiro atoms. The fourth-order valence-electron chi connectivity index (χ4n) is 6.13. The van der Waals surface area contributed by atoms with E-state index in [2.05, 4.69) is 86.3 Å². The summed E-state index contributed by atoms with van der Waals surface area (Å²) in [5.41, 5.74) is 0.0384. The molecule has 0 saturated carbocycles. The molecular formula is C29H39NO3Si. The van der Waals surface area contributed by atoms with Gasteiger partial charge >= 0.3 is 5.97 Å². The van der Waals surface area contributed by atoms with Crippen LogP contribution in [0.25, 0.3) is 0 Å². The minimum absolute atomic E-state index is 0.0302. The molecule has 0 unspecified atom stereocenters. The molecule has 0 amide bonds. The van der Waals surface area contributed by atoms with Crippen LogP contribution in [0.3, 0.4) is 0 Å². The van der Waals surface area contributed by atoms with E-state index in [1.807, 2.05) is 13.0 Å². The summed E-state index contributed by atoms with van der Waals surface area (Å²) in [4.78, 5) is 14.5. The quantitative estimate of drug-likeness (QED) is 0.314. The Kier molecular flexibility index (Phi) is 7.46. The Morgan fingerprint density at radius 1 is 1.06 bits per heavy atom. The smallest absolute Gasteiger partial charge is 0.330 e. The first-order valence-electron chi connectivity index (χ1n) is 12.7. The van der Waals surface area contributed by atoms with Crippen molar-refractivity contribution >= 4 is 24.7 Å². The molecule has 2 saturated heterocycles. The molecule has 5 heteroatoms. The first kappa shape index (κ1) is 24.9. The molecule has 2 aliphatic rings. The minimum Gasteiger partial charge on any atom is -0.463 e. The van der Waals surface area contributed by atoms with Crippen LogP contribution in [-0.4, -0.2) is 50.5 Å². The summed E-state index contributed by atoms with van der Waals surface area (Å²) >= 11 is 0. The van der Waals surface area contributed by atoms with Crippen molar-refractivity contribution in [2.45, 2.75) is 70.0 Å². The van der Waals surface area contributed by atoms with Crippen molar-refractivity contribution < 1.29 is 14.0 Å². The Morgan fingerprint density at radius 3 is 2.24 bits per heavy atom. The lowest BCUT2D eigenvalue weighted by Gasteiger charge is -2.46. The lowest BCUT2D eigenvalue weighted by Crippen LogP contribution is -2.68. The summed E-state index contributed by atoms with van der Waals surface area (Å²) in [6.45, 7) is 11.0.